The lowest BCUT2D eigenvalue weighted by Crippen LogP contribution is -1.98. The van der Waals surface area contributed by atoms with Crippen LogP contribution in [0.4, 0.5) is 11.6 Å². The normalized spacial score (nSPS) is 10.3. The van der Waals surface area contributed by atoms with Crippen molar-refractivity contribution < 1.29 is 0 Å². The Morgan fingerprint density at radius 2 is 1.81 bits per heavy atom. The molecule has 0 saturated carbocycles. The first-order chi connectivity index (χ1) is 12.8. The molecule has 0 saturated heterocycles. The van der Waals surface area contributed by atoms with Gasteiger partial charge in [0.15, 0.2) is 0 Å². The van der Waals surface area contributed by atoms with E-state index in [0.717, 1.165) is 27.5 Å². The van der Waals surface area contributed by atoms with Crippen molar-refractivity contribution in [2.75, 3.05) is 5.32 Å². The van der Waals surface area contributed by atoms with Gasteiger partial charge in [0.1, 0.15) is 10.7 Å². The van der Waals surface area contributed by atoms with E-state index < -0.39 is 0 Å². The Balaban J connectivity index is 1.59. The number of rotatable bonds is 4. The van der Waals surface area contributed by atoms with E-state index in [4.69, 9.17) is 5.26 Å². The standard InChI is InChI=1S/C20H13N5S/c21-13-14-4-6-15(7-5-14)16-2-1-3-17(12-16)24-20-23-9-8-18(25-20)19-22-10-11-26-19/h1-12H,(H,23,24,25). The number of anilines is 2. The fourth-order valence-electron chi connectivity index (χ4n) is 2.53. The molecular weight excluding hydrogens is 342 g/mol. The highest BCUT2D eigenvalue weighted by Gasteiger charge is 2.06. The fraction of sp³-hybridized carbons (Fsp3) is 0. The third kappa shape index (κ3) is 3.43. The molecule has 6 heteroatoms. The number of aromatic nitrogens is 3. The number of hydrogen-bond donors (Lipinski definition) is 1. The summed E-state index contributed by atoms with van der Waals surface area (Å²) in [6.07, 6.45) is 3.48. The predicted molar refractivity (Wildman–Crippen MR) is 103 cm³/mol. The molecule has 2 aromatic carbocycles. The zero-order valence-electron chi connectivity index (χ0n) is 13.6. The number of thiazole rings is 1. The second-order valence-corrected chi connectivity index (χ2v) is 6.39. The lowest BCUT2D eigenvalue weighted by atomic mass is 10.0. The van der Waals surface area contributed by atoms with Crippen molar-refractivity contribution in [3.05, 3.63) is 77.9 Å². The van der Waals surface area contributed by atoms with Crippen LogP contribution in [0.15, 0.2) is 72.4 Å². The van der Waals surface area contributed by atoms with E-state index in [-0.39, 0.29) is 0 Å². The summed E-state index contributed by atoms with van der Waals surface area (Å²) in [4.78, 5) is 13.1. The predicted octanol–water partition coefficient (Wildman–Crippen LogP) is 4.88. The van der Waals surface area contributed by atoms with Crippen LogP contribution in [0, 0.1) is 11.3 Å². The summed E-state index contributed by atoms with van der Waals surface area (Å²) in [6, 6.07) is 19.5. The van der Waals surface area contributed by atoms with Crippen LogP contribution < -0.4 is 5.32 Å². The Hall–Kier alpha value is -3.56. The highest BCUT2D eigenvalue weighted by atomic mass is 32.1. The third-order valence-electron chi connectivity index (χ3n) is 3.77. The first kappa shape index (κ1) is 15.9. The van der Waals surface area contributed by atoms with Gasteiger partial charge >= 0.3 is 0 Å². The van der Waals surface area contributed by atoms with Gasteiger partial charge in [-0.2, -0.15) is 5.26 Å². The summed E-state index contributed by atoms with van der Waals surface area (Å²) in [5, 5.41) is 14.9. The summed E-state index contributed by atoms with van der Waals surface area (Å²) in [5.74, 6) is 0.523. The Bertz CT molecular complexity index is 1070. The molecule has 1 N–H and O–H groups in total. The molecule has 0 fully saturated rings. The summed E-state index contributed by atoms with van der Waals surface area (Å²) < 4.78 is 0. The smallest absolute Gasteiger partial charge is 0.227 e. The third-order valence-corrected chi connectivity index (χ3v) is 4.57. The van der Waals surface area contributed by atoms with Gasteiger partial charge in [-0.25, -0.2) is 15.0 Å². The van der Waals surface area contributed by atoms with Gasteiger partial charge in [-0.05, 0) is 41.5 Å². The molecule has 5 nitrogen and oxygen atoms in total. The Morgan fingerprint density at radius 1 is 0.923 bits per heavy atom. The first-order valence-electron chi connectivity index (χ1n) is 7.92. The Kier molecular flexibility index (Phi) is 4.37. The summed E-state index contributed by atoms with van der Waals surface area (Å²) in [6.45, 7) is 0. The van der Waals surface area contributed by atoms with Gasteiger partial charge in [-0.15, -0.1) is 11.3 Å². The van der Waals surface area contributed by atoms with E-state index in [1.807, 2.05) is 60.0 Å². The second kappa shape index (κ2) is 7.13. The van der Waals surface area contributed by atoms with Crippen LogP contribution in [-0.2, 0) is 0 Å². The fourth-order valence-corrected chi connectivity index (χ4v) is 3.14. The zero-order valence-corrected chi connectivity index (χ0v) is 14.4. The van der Waals surface area contributed by atoms with Crippen molar-refractivity contribution in [1.29, 1.82) is 5.26 Å². The molecule has 124 valence electrons. The molecule has 0 atom stereocenters. The highest BCUT2D eigenvalue weighted by Crippen LogP contribution is 2.25. The van der Waals surface area contributed by atoms with E-state index in [0.29, 0.717) is 11.5 Å². The minimum absolute atomic E-state index is 0.523. The molecule has 4 rings (SSSR count). The van der Waals surface area contributed by atoms with Gasteiger partial charge in [-0.3, -0.25) is 0 Å². The number of nitriles is 1. The molecule has 4 aromatic rings. The average Bonchev–Trinajstić information content (AvgIpc) is 3.23. The van der Waals surface area contributed by atoms with Crippen molar-refractivity contribution in [3.8, 4) is 27.9 Å². The van der Waals surface area contributed by atoms with Gasteiger partial charge in [0.2, 0.25) is 5.95 Å². The van der Waals surface area contributed by atoms with Crippen LogP contribution in [-0.4, -0.2) is 15.0 Å². The van der Waals surface area contributed by atoms with Gasteiger partial charge in [0, 0.05) is 23.5 Å². The van der Waals surface area contributed by atoms with E-state index in [2.05, 4.69) is 26.3 Å². The number of hydrogen-bond acceptors (Lipinski definition) is 6. The van der Waals surface area contributed by atoms with Crippen molar-refractivity contribution >= 4 is 23.0 Å². The second-order valence-electron chi connectivity index (χ2n) is 5.50. The molecule has 0 aliphatic heterocycles. The quantitative estimate of drug-likeness (QED) is 0.564. The molecule has 0 bridgehead atoms. The van der Waals surface area contributed by atoms with Crippen molar-refractivity contribution in [2.24, 2.45) is 0 Å². The van der Waals surface area contributed by atoms with E-state index in [1.165, 1.54) is 0 Å². The summed E-state index contributed by atoms with van der Waals surface area (Å²) in [7, 11) is 0. The van der Waals surface area contributed by atoms with Crippen molar-refractivity contribution in [1.82, 2.24) is 15.0 Å². The molecule has 0 amide bonds. The molecular formula is C20H13N5S. The largest absolute Gasteiger partial charge is 0.324 e. The van der Waals surface area contributed by atoms with E-state index in [9.17, 15) is 0 Å². The maximum Gasteiger partial charge on any atom is 0.227 e. The van der Waals surface area contributed by atoms with E-state index in [1.54, 1.807) is 23.7 Å². The van der Waals surface area contributed by atoms with Crippen LogP contribution >= 0.6 is 11.3 Å². The highest BCUT2D eigenvalue weighted by molar-refractivity contribution is 7.13. The van der Waals surface area contributed by atoms with Crippen LogP contribution in [0.2, 0.25) is 0 Å². The van der Waals surface area contributed by atoms with Crippen LogP contribution in [0.25, 0.3) is 21.8 Å². The molecule has 2 aromatic heterocycles. The van der Waals surface area contributed by atoms with Gasteiger partial charge in [0.25, 0.3) is 0 Å². The van der Waals surface area contributed by atoms with Gasteiger partial charge in [0.05, 0.1) is 11.6 Å². The van der Waals surface area contributed by atoms with Crippen LogP contribution in [0.5, 0.6) is 0 Å². The van der Waals surface area contributed by atoms with Gasteiger partial charge in [-0.1, -0.05) is 24.3 Å². The Morgan fingerprint density at radius 3 is 2.58 bits per heavy atom. The minimum atomic E-state index is 0.523. The topological polar surface area (TPSA) is 74.5 Å². The lowest BCUT2D eigenvalue weighted by molar-refractivity contribution is 1.16. The Labute approximate surface area is 154 Å². The van der Waals surface area contributed by atoms with E-state index >= 15 is 0 Å². The average molecular weight is 355 g/mol. The monoisotopic (exact) mass is 355 g/mol. The number of benzene rings is 2. The zero-order chi connectivity index (χ0) is 17.8. The number of nitrogens with one attached hydrogen (secondary N) is 1. The lowest BCUT2D eigenvalue weighted by Gasteiger charge is -2.08. The minimum Gasteiger partial charge on any atom is -0.324 e. The molecule has 0 spiro atoms. The molecule has 0 radical (unpaired) electrons. The molecule has 26 heavy (non-hydrogen) atoms. The molecule has 0 unspecified atom stereocenters. The van der Waals surface area contributed by atoms with Crippen LogP contribution in [0.3, 0.4) is 0 Å². The van der Waals surface area contributed by atoms with Crippen molar-refractivity contribution in [3.63, 3.8) is 0 Å². The van der Waals surface area contributed by atoms with Gasteiger partial charge < -0.3 is 5.32 Å². The maximum absolute atomic E-state index is 8.92. The molecule has 2 heterocycles. The molecule has 0 aliphatic carbocycles. The number of nitrogens with zero attached hydrogens (tertiary/aromatic N) is 4. The van der Waals surface area contributed by atoms with Crippen molar-refractivity contribution in [2.45, 2.75) is 0 Å². The summed E-state index contributed by atoms with van der Waals surface area (Å²) in [5.41, 5.74) is 4.43. The first-order valence-corrected chi connectivity index (χ1v) is 8.80. The summed E-state index contributed by atoms with van der Waals surface area (Å²) >= 11 is 1.54. The molecule has 0 aliphatic rings. The maximum atomic E-state index is 8.92. The SMILES string of the molecule is N#Cc1ccc(-c2cccc(Nc3nccc(-c4nccs4)n3)c2)cc1. The van der Waals surface area contributed by atoms with Crippen LogP contribution in [0.1, 0.15) is 5.56 Å².